The van der Waals surface area contributed by atoms with Gasteiger partial charge in [0.25, 0.3) is 20.0 Å². The fraction of sp³-hybridized carbons (Fsp3) is 0.240. The number of para-hydroxylation sites is 1. The second-order valence-electron chi connectivity index (χ2n) is 33.1. The first-order chi connectivity index (χ1) is 69.3. The maximum absolute atomic E-state index is 14.1. The van der Waals surface area contributed by atoms with Crippen LogP contribution < -0.4 is 100 Å². The molecule has 760 valence electrons. The number of nitrogens with one attached hydrogen (secondary N) is 3. The van der Waals surface area contributed by atoms with Crippen molar-refractivity contribution in [3.8, 4) is 17.3 Å². The molecule has 0 saturated carbocycles. The van der Waals surface area contributed by atoms with Gasteiger partial charge in [-0.3, -0.25) is 34.4 Å². The summed E-state index contributed by atoms with van der Waals surface area (Å²) in [5.41, 5.74) is 19.8. The molecule has 47 heteroatoms. The number of carbonyl (C=O) groups excluding carboxylic acids is 1. The summed E-state index contributed by atoms with van der Waals surface area (Å²) in [6.45, 7) is 11.0. The van der Waals surface area contributed by atoms with E-state index in [9.17, 15) is 67.8 Å². The van der Waals surface area contributed by atoms with E-state index < -0.39 is 69.9 Å². The van der Waals surface area contributed by atoms with E-state index in [1.807, 2.05) is 50.2 Å². The molecule has 147 heavy (non-hydrogen) atoms. The van der Waals surface area contributed by atoms with Gasteiger partial charge in [0, 0.05) is 78.6 Å². The number of carbonyl (C=O) groups is 3. The van der Waals surface area contributed by atoms with Gasteiger partial charge in [0.15, 0.2) is 33.8 Å². The molecule has 0 spiro atoms. The second kappa shape index (κ2) is 53.3. The first-order valence-corrected chi connectivity index (χ1v) is 52.8. The number of fused-ring (bicyclic) bond motifs is 1. The molecule has 0 radical (unpaired) electrons. The Morgan fingerprint density at radius 1 is 0.619 bits per heavy atom. The van der Waals surface area contributed by atoms with Crippen molar-refractivity contribution in [2.24, 2.45) is 9.98 Å². The monoisotopic (exact) mass is 2170 g/mol. The van der Waals surface area contributed by atoms with Crippen LogP contribution in [0.4, 0.5) is 49.3 Å². The normalized spacial score (nSPS) is 14.1. The molecular weight excluding hydrogens is 2080 g/mol. The number of aliphatic carboxylic acids is 1. The van der Waals surface area contributed by atoms with Crippen LogP contribution in [-0.4, -0.2) is 189 Å². The van der Waals surface area contributed by atoms with Crippen LogP contribution in [0, 0.1) is 19.7 Å². The standard InChI is InChI=1S/C36H39NO5.C24H27ClN4O7S2.C21H19Cl2N3O6S3.C19H17FN8O2.2Na/c38-35(39)12-6-7-24-37(26-30-19-21-33(22-20-30)36(40)41)25-23-32-10-4-5-11-34(32)42-27-31-17-15-29(16-18-31)14-13-28-8-2-1-3-9-28;1-14-12-29(13-15(2)35-14)38(33,34)20-8-6-19(7-9-20)26-24(30)21-11-18(25)5-10-22(21)28-37(31,32)23-16(3)27-36-17(23)4;22-14-1-6-18(25-34(28,29)20-8-7-19(23)33-20)17(13-14)21(27)24-15-2-4-16(5-3-15)35(30,31)26-9-11-32-12-10-26;1-30-19(29)24-14-15(21)25-17(26-16(14)22)13-11-6-4-8-23-18(11)28(27-13)9-10-5-2-3-7-12(10)20;;/h1-5,8-11,15-22H,6-7,12-14,23-27H2,(H,38,39)(H,40,41);5-11,14-15,28H,12-13H2,1-4H3,(H,26,30);1-8,13,25H,9-12H2,(H,24,27);2-8H,9H2,1H3,(H,24,29)(H4,21,22,25,26);;/q;;;;2*+1/p-2. The number of carboxylic acids is 2. The number of carboxylic acid groups (broad SMARTS) is 2. The van der Waals surface area contributed by atoms with Gasteiger partial charge in [0.05, 0.1) is 86.9 Å². The van der Waals surface area contributed by atoms with Gasteiger partial charge in [0.1, 0.15) is 39.5 Å². The quantitative estimate of drug-likeness (QED) is 0.00840. The predicted octanol–water partition coefficient (Wildman–Crippen LogP) is 9.77. The van der Waals surface area contributed by atoms with E-state index in [2.05, 4.69) is 114 Å². The summed E-state index contributed by atoms with van der Waals surface area (Å²) in [6, 6.07) is 66.1. The van der Waals surface area contributed by atoms with Gasteiger partial charge < -0.3 is 55.4 Å². The number of aromatic nitrogens is 6. The molecule has 2 unspecified atom stereocenters. The summed E-state index contributed by atoms with van der Waals surface area (Å²) in [4.78, 5) is 56.7. The van der Waals surface area contributed by atoms with Crippen molar-refractivity contribution in [2.75, 3.05) is 85.8 Å². The van der Waals surface area contributed by atoms with Crippen LogP contribution in [0.3, 0.4) is 0 Å². The molecule has 2 fully saturated rings. The number of unbranched alkanes of at least 4 members (excludes halogenated alkanes) is 1. The molecule has 5 aromatic heterocycles. The molecule has 0 bridgehead atoms. The molecule has 1 amide bonds. The van der Waals surface area contributed by atoms with Crippen LogP contribution >= 0.6 is 46.1 Å². The van der Waals surface area contributed by atoms with Gasteiger partial charge in [-0.15, -0.1) is 11.3 Å². The summed E-state index contributed by atoms with van der Waals surface area (Å²) in [5, 5.41) is 55.8. The smallest absolute Gasteiger partial charge is 0.858 e. The Hall–Kier alpha value is -11.9. The van der Waals surface area contributed by atoms with E-state index in [4.69, 9.17) is 70.1 Å². The minimum absolute atomic E-state index is 0. The Bertz CT molecular complexity index is 7450. The number of aliphatic imine (C=N–C) groups is 2. The zero-order chi connectivity index (χ0) is 104. The zero-order valence-electron chi connectivity index (χ0n) is 80.6. The number of nitrogens with zero attached hydrogens (tertiary/aromatic N) is 11. The molecule has 2 atom stereocenters. The van der Waals surface area contributed by atoms with Gasteiger partial charge in [-0.1, -0.05) is 143 Å². The Balaban J connectivity index is 0.000000187. The van der Waals surface area contributed by atoms with E-state index in [-0.39, 0.29) is 219 Å². The Kier molecular flexibility index (Phi) is 41.9. The van der Waals surface area contributed by atoms with Crippen molar-refractivity contribution in [1.29, 1.82) is 0 Å². The largest absolute Gasteiger partial charge is 1.00 e. The van der Waals surface area contributed by atoms with Gasteiger partial charge in [-0.2, -0.15) is 13.7 Å². The molecule has 36 nitrogen and oxygen atoms in total. The summed E-state index contributed by atoms with van der Waals surface area (Å²) in [7, 11) is -14.4. The Labute approximate surface area is 912 Å². The molecule has 7 heterocycles. The summed E-state index contributed by atoms with van der Waals surface area (Å²) < 4.78 is 153. The average Bonchev–Trinajstić information content (AvgIpc) is 1.63. The number of sulfonamides is 4. The van der Waals surface area contributed by atoms with E-state index in [0.717, 1.165) is 72.5 Å². The third-order valence-corrected chi connectivity index (χ3v) is 31.4. The van der Waals surface area contributed by atoms with Gasteiger partial charge in [-0.05, 0) is 239 Å². The van der Waals surface area contributed by atoms with Crippen molar-refractivity contribution in [1.82, 2.24) is 43.4 Å². The molecule has 2 aliphatic heterocycles. The zero-order valence-corrected chi connectivity index (χ0v) is 91.0. The summed E-state index contributed by atoms with van der Waals surface area (Å²) in [6.07, 6.45) is 4.75. The first kappa shape index (κ1) is 115. The average molecular weight is 2180 g/mol. The molecule has 0 aliphatic carbocycles. The minimum Gasteiger partial charge on any atom is -0.858 e. The van der Waals surface area contributed by atoms with E-state index in [1.54, 1.807) is 53.3 Å². The van der Waals surface area contributed by atoms with Crippen molar-refractivity contribution >= 4 is 167 Å². The maximum atomic E-state index is 14.1. The second-order valence-corrected chi connectivity index (χ2v) is 43.1. The number of amides is 1. The molecule has 14 aromatic rings. The molecule has 16 rings (SSSR count). The number of nitrogen functional groups attached to an aromatic ring is 2. The summed E-state index contributed by atoms with van der Waals surface area (Å²) in [5.74, 6) is -2.62. The Morgan fingerprint density at radius 2 is 1.16 bits per heavy atom. The number of hydrogen-bond donors (Lipinski definition) is 7. The molecule has 2 aliphatic rings. The third-order valence-electron chi connectivity index (χ3n) is 22.5. The number of rotatable bonds is 35. The maximum Gasteiger partial charge on any atom is 1.00 e. The van der Waals surface area contributed by atoms with Crippen molar-refractivity contribution in [2.45, 2.75) is 117 Å². The number of nitrogens with two attached hydrogens (primary N) is 2. The van der Waals surface area contributed by atoms with E-state index >= 15 is 0 Å². The minimum atomic E-state index is -4.14. The number of pyridine rings is 1. The number of morpholine rings is 2. The third kappa shape index (κ3) is 31.9. The molecular formula is C100H100Cl3FN16Na2O20S5. The predicted molar refractivity (Wildman–Crippen MR) is 547 cm³/mol. The van der Waals surface area contributed by atoms with Crippen LogP contribution in [-0.2, 0) is 98.1 Å². The molecule has 9 aromatic carbocycles. The summed E-state index contributed by atoms with van der Waals surface area (Å²) >= 11 is 18.8. The van der Waals surface area contributed by atoms with Crippen LogP contribution in [0.5, 0.6) is 5.75 Å². The van der Waals surface area contributed by atoms with Crippen molar-refractivity contribution < 1.29 is 155 Å². The van der Waals surface area contributed by atoms with Gasteiger partial charge in [0.2, 0.25) is 20.0 Å². The number of aromatic carboxylic acids is 1. The number of aryl methyl sites for hydroxylation is 4. The number of thiophene rings is 1. The van der Waals surface area contributed by atoms with E-state index in [1.165, 1.54) is 144 Å². The SMILES string of the molecule is COC(=O)Nc1c(N)nc(-c2nn(Cc3ccccc3F)c3ncccc23)nc1N.Cc1noc(C)c1S(=O)(=O)Nc1ccc(Cl)cc1C([O-])=Nc1ccc(S(=O)(=O)N2CC(C)OC(C)C2)cc1.O=C(O)CCCCN(CCc1ccccc1OCc1ccc(CCc2ccccc2)cc1)Cc1ccc(C(=O)O)cc1.O=S(=O)(Nc1ccc(Cl)cc1C([O-])=Nc1ccc(S(=O)(=O)N2CCOCC2)cc1)c1ccc(Cl)s1.[Na+].[Na+]. The topological polar surface area (TPSA) is 516 Å². The van der Waals surface area contributed by atoms with Crippen LogP contribution in [0.15, 0.2) is 276 Å². The number of methoxy groups -OCH3 is 1. The van der Waals surface area contributed by atoms with Crippen molar-refractivity contribution in [3.63, 3.8) is 0 Å². The fourth-order valence-electron chi connectivity index (χ4n) is 15.3. The Morgan fingerprint density at radius 3 is 1.71 bits per heavy atom. The van der Waals surface area contributed by atoms with Crippen LogP contribution in [0.2, 0.25) is 14.4 Å². The van der Waals surface area contributed by atoms with Gasteiger partial charge in [-0.25, -0.2) is 67.3 Å². The van der Waals surface area contributed by atoms with Crippen molar-refractivity contribution in [3.05, 3.63) is 325 Å². The number of benzene rings is 9. The number of hydrogen-bond acceptors (Lipinski definition) is 29. The molecule has 9 N–H and O–H groups in total. The van der Waals surface area contributed by atoms with Crippen LogP contribution in [0.25, 0.3) is 22.6 Å². The molecule has 2 saturated heterocycles. The van der Waals surface area contributed by atoms with Crippen LogP contribution in [0.1, 0.15) is 99.4 Å². The number of ether oxygens (including phenoxy) is 4. The fourth-order valence-corrected chi connectivity index (χ4v) is 22.6. The number of halogens is 4. The van der Waals surface area contributed by atoms with Gasteiger partial charge >= 0.3 is 77.1 Å². The van der Waals surface area contributed by atoms with E-state index in [0.29, 0.717) is 59.4 Å². The first-order valence-electron chi connectivity index (χ1n) is 45.0. The number of anilines is 5.